The van der Waals surface area contributed by atoms with Crippen molar-refractivity contribution in [3.05, 3.63) is 52.5 Å². The second-order valence-corrected chi connectivity index (χ2v) is 7.82. The molecule has 4 rings (SSSR count). The molecule has 4 heterocycles. The molecule has 0 radical (unpaired) electrons. The Morgan fingerprint density at radius 2 is 2.12 bits per heavy atom. The first-order chi connectivity index (χ1) is 12.2. The number of carbonyl (C=O) groups is 1. The van der Waals surface area contributed by atoms with Crippen LogP contribution in [0.4, 0.5) is 0 Å². The minimum Gasteiger partial charge on any atom is -0.372 e. The van der Waals surface area contributed by atoms with Gasteiger partial charge in [-0.25, -0.2) is 0 Å². The molecule has 0 unspecified atom stereocenters. The summed E-state index contributed by atoms with van der Waals surface area (Å²) in [6.07, 6.45) is 5.57. The number of aromatic nitrogens is 1. The van der Waals surface area contributed by atoms with Crippen molar-refractivity contribution in [2.24, 2.45) is 0 Å². The Morgan fingerprint density at radius 1 is 1.24 bits per heavy atom. The van der Waals surface area contributed by atoms with Crippen LogP contribution in [0.1, 0.15) is 28.1 Å². The molecule has 1 spiro atoms. The zero-order chi connectivity index (χ0) is 17.1. The van der Waals surface area contributed by atoms with Gasteiger partial charge in [0.1, 0.15) is 0 Å². The summed E-state index contributed by atoms with van der Waals surface area (Å²) in [5.74, 6) is 0.160. The quantitative estimate of drug-likeness (QED) is 0.847. The van der Waals surface area contributed by atoms with E-state index in [0.717, 1.165) is 57.0 Å². The fourth-order valence-electron chi connectivity index (χ4n) is 3.78. The number of hydrogen-bond acceptors (Lipinski definition) is 5. The summed E-state index contributed by atoms with van der Waals surface area (Å²) < 4.78 is 6.20. The number of nitrogens with zero attached hydrogens (tertiary/aromatic N) is 3. The SMILES string of the molecule is O=C(c1cccs1)N1CCC2(CC1)CN(Cc1cccnc1)CCO2. The lowest BCUT2D eigenvalue weighted by Crippen LogP contribution is -2.57. The third-order valence-corrected chi connectivity index (χ3v) is 6.01. The normalized spacial score (nSPS) is 20.7. The summed E-state index contributed by atoms with van der Waals surface area (Å²) in [5, 5.41) is 1.96. The van der Waals surface area contributed by atoms with Crippen LogP contribution in [0.15, 0.2) is 42.0 Å². The summed E-state index contributed by atoms with van der Waals surface area (Å²) in [5.41, 5.74) is 1.14. The number of hydrogen-bond donors (Lipinski definition) is 0. The van der Waals surface area contributed by atoms with Crippen molar-refractivity contribution < 1.29 is 9.53 Å². The first kappa shape index (κ1) is 16.7. The van der Waals surface area contributed by atoms with Crippen molar-refractivity contribution in [1.29, 1.82) is 0 Å². The molecule has 0 bridgehead atoms. The van der Waals surface area contributed by atoms with E-state index in [9.17, 15) is 4.79 Å². The zero-order valence-electron chi connectivity index (χ0n) is 14.3. The summed E-state index contributed by atoms with van der Waals surface area (Å²) in [6, 6.07) is 7.95. The Hall–Kier alpha value is -1.76. The van der Waals surface area contributed by atoms with E-state index in [-0.39, 0.29) is 11.5 Å². The van der Waals surface area contributed by atoms with Crippen LogP contribution in [0.25, 0.3) is 0 Å². The highest BCUT2D eigenvalue weighted by Crippen LogP contribution is 2.31. The van der Waals surface area contributed by atoms with Gasteiger partial charge in [0.25, 0.3) is 5.91 Å². The van der Waals surface area contributed by atoms with Crippen LogP contribution in [0, 0.1) is 0 Å². The average molecular weight is 357 g/mol. The van der Waals surface area contributed by atoms with Crippen LogP contribution in [-0.4, -0.2) is 59.1 Å². The van der Waals surface area contributed by atoms with Crippen LogP contribution < -0.4 is 0 Å². The first-order valence-corrected chi connectivity index (χ1v) is 9.70. The average Bonchev–Trinajstić information content (AvgIpc) is 3.18. The van der Waals surface area contributed by atoms with Gasteiger partial charge in [-0.05, 0) is 35.9 Å². The van der Waals surface area contributed by atoms with Gasteiger partial charge in [-0.1, -0.05) is 12.1 Å². The van der Waals surface area contributed by atoms with Crippen LogP contribution in [0.2, 0.25) is 0 Å². The highest BCUT2D eigenvalue weighted by atomic mass is 32.1. The fourth-order valence-corrected chi connectivity index (χ4v) is 4.47. The number of piperidine rings is 1. The van der Waals surface area contributed by atoms with E-state index in [2.05, 4.69) is 16.0 Å². The van der Waals surface area contributed by atoms with Gasteiger partial charge in [0.05, 0.1) is 17.1 Å². The van der Waals surface area contributed by atoms with Gasteiger partial charge in [0.15, 0.2) is 0 Å². The molecule has 2 aliphatic rings. The number of rotatable bonds is 3. The topological polar surface area (TPSA) is 45.7 Å². The van der Waals surface area contributed by atoms with Crippen LogP contribution in [-0.2, 0) is 11.3 Å². The Morgan fingerprint density at radius 3 is 2.84 bits per heavy atom. The van der Waals surface area contributed by atoms with Crippen LogP contribution in [0.3, 0.4) is 0 Å². The van der Waals surface area contributed by atoms with Crippen molar-refractivity contribution in [2.45, 2.75) is 25.0 Å². The summed E-state index contributed by atoms with van der Waals surface area (Å²) >= 11 is 1.52. The molecule has 2 fully saturated rings. The molecule has 0 aliphatic carbocycles. The van der Waals surface area contributed by atoms with Crippen molar-refractivity contribution in [2.75, 3.05) is 32.8 Å². The second-order valence-electron chi connectivity index (χ2n) is 6.87. The van der Waals surface area contributed by atoms with E-state index in [4.69, 9.17) is 4.74 Å². The molecule has 0 aromatic carbocycles. The third kappa shape index (κ3) is 3.76. The molecule has 25 heavy (non-hydrogen) atoms. The number of likely N-dealkylation sites (tertiary alicyclic amines) is 1. The molecule has 0 atom stereocenters. The number of thiophene rings is 1. The lowest BCUT2D eigenvalue weighted by Gasteiger charge is -2.47. The van der Waals surface area contributed by atoms with E-state index in [1.807, 2.05) is 40.9 Å². The maximum Gasteiger partial charge on any atom is 0.263 e. The molecule has 2 saturated heterocycles. The van der Waals surface area contributed by atoms with Crippen LogP contribution >= 0.6 is 11.3 Å². The van der Waals surface area contributed by atoms with Crippen molar-refractivity contribution in [3.8, 4) is 0 Å². The van der Waals surface area contributed by atoms with Gasteiger partial charge < -0.3 is 9.64 Å². The van der Waals surface area contributed by atoms with E-state index in [1.54, 1.807) is 0 Å². The van der Waals surface area contributed by atoms with Gasteiger partial charge in [0.2, 0.25) is 0 Å². The molecule has 2 aromatic rings. The van der Waals surface area contributed by atoms with Gasteiger partial charge in [-0.3, -0.25) is 14.7 Å². The standard InChI is InChI=1S/C19H23N3O2S/c23-18(17-4-2-12-25-17)22-8-5-19(6-9-22)15-21(10-11-24-19)14-16-3-1-7-20-13-16/h1-4,7,12-13H,5-6,8-11,14-15H2. The number of morpholine rings is 1. The molecule has 0 saturated carbocycles. The molecule has 6 heteroatoms. The monoisotopic (exact) mass is 357 g/mol. The molecule has 1 amide bonds. The largest absolute Gasteiger partial charge is 0.372 e. The van der Waals surface area contributed by atoms with Gasteiger partial charge in [-0.2, -0.15) is 0 Å². The van der Waals surface area contributed by atoms with Gasteiger partial charge in [-0.15, -0.1) is 11.3 Å². The lowest BCUT2D eigenvalue weighted by molar-refractivity contribution is -0.134. The van der Waals surface area contributed by atoms with E-state index < -0.39 is 0 Å². The predicted octanol–water partition coefficient (Wildman–Crippen LogP) is 2.65. The van der Waals surface area contributed by atoms with Crippen molar-refractivity contribution in [3.63, 3.8) is 0 Å². The summed E-state index contributed by atoms with van der Waals surface area (Å²) in [4.78, 5) is 22.0. The molecular weight excluding hydrogens is 334 g/mol. The smallest absolute Gasteiger partial charge is 0.263 e. The minimum atomic E-state index is -0.104. The number of carbonyl (C=O) groups excluding carboxylic acids is 1. The first-order valence-electron chi connectivity index (χ1n) is 8.82. The van der Waals surface area contributed by atoms with E-state index in [0.29, 0.717) is 0 Å². The Bertz CT molecular complexity index is 697. The maximum absolute atomic E-state index is 12.5. The molecule has 5 nitrogen and oxygen atoms in total. The molecule has 0 N–H and O–H groups in total. The molecule has 132 valence electrons. The number of ether oxygens (including phenoxy) is 1. The zero-order valence-corrected chi connectivity index (χ0v) is 15.1. The lowest BCUT2D eigenvalue weighted by atomic mass is 9.89. The van der Waals surface area contributed by atoms with Crippen molar-refractivity contribution >= 4 is 17.2 Å². The second kappa shape index (κ2) is 7.23. The summed E-state index contributed by atoms with van der Waals surface area (Å²) in [6.45, 7) is 5.11. The fraction of sp³-hybridized carbons (Fsp3) is 0.474. The highest BCUT2D eigenvalue weighted by molar-refractivity contribution is 7.12. The van der Waals surface area contributed by atoms with Crippen LogP contribution in [0.5, 0.6) is 0 Å². The molecule has 2 aliphatic heterocycles. The third-order valence-electron chi connectivity index (χ3n) is 5.15. The number of amides is 1. The Labute approximate surface area is 152 Å². The van der Waals surface area contributed by atoms with Gasteiger partial charge >= 0.3 is 0 Å². The van der Waals surface area contributed by atoms with E-state index >= 15 is 0 Å². The number of pyridine rings is 1. The van der Waals surface area contributed by atoms with Gasteiger partial charge in [0, 0.05) is 45.1 Å². The highest BCUT2D eigenvalue weighted by Gasteiger charge is 2.40. The minimum absolute atomic E-state index is 0.104. The Kier molecular flexibility index (Phi) is 4.83. The van der Waals surface area contributed by atoms with E-state index in [1.165, 1.54) is 16.9 Å². The Balaban J connectivity index is 1.36. The molecular formula is C19H23N3O2S. The predicted molar refractivity (Wildman–Crippen MR) is 97.7 cm³/mol. The maximum atomic E-state index is 12.5. The summed E-state index contributed by atoms with van der Waals surface area (Å²) in [7, 11) is 0. The van der Waals surface area contributed by atoms with Crippen molar-refractivity contribution in [1.82, 2.24) is 14.8 Å². The molecule has 2 aromatic heterocycles.